The summed E-state index contributed by atoms with van der Waals surface area (Å²) in [5, 5.41) is 1.88. The Balaban J connectivity index is 1.48. The van der Waals surface area contributed by atoms with Crippen LogP contribution in [0.3, 0.4) is 0 Å². The number of pyridine rings is 1. The van der Waals surface area contributed by atoms with Gasteiger partial charge in [0.05, 0.1) is 28.2 Å². The molecule has 0 unspecified atom stereocenters. The van der Waals surface area contributed by atoms with Gasteiger partial charge in [-0.15, -0.1) is 0 Å². The minimum Gasteiger partial charge on any atom is -0.422 e. The highest BCUT2D eigenvalue weighted by molar-refractivity contribution is 5.84. The third-order valence-electron chi connectivity index (χ3n) is 5.43. The zero-order valence-corrected chi connectivity index (χ0v) is 16.9. The molecule has 6 aromatic rings. The average molecular weight is 407 g/mol. The van der Waals surface area contributed by atoms with Crippen LogP contribution in [0, 0.1) is 13.8 Å². The first kappa shape index (κ1) is 17.6. The van der Waals surface area contributed by atoms with Crippen molar-refractivity contribution < 1.29 is 4.42 Å². The van der Waals surface area contributed by atoms with Crippen LogP contribution in [0.2, 0.25) is 0 Å². The van der Waals surface area contributed by atoms with Crippen LogP contribution < -0.4 is 5.63 Å². The zero-order valence-electron chi connectivity index (χ0n) is 16.9. The molecule has 7 nitrogen and oxygen atoms in total. The van der Waals surface area contributed by atoms with Gasteiger partial charge in [0, 0.05) is 53.5 Å². The van der Waals surface area contributed by atoms with Crippen molar-refractivity contribution in [2.45, 2.75) is 13.8 Å². The van der Waals surface area contributed by atoms with Crippen molar-refractivity contribution in [2.75, 3.05) is 0 Å². The molecule has 0 bridgehead atoms. The van der Waals surface area contributed by atoms with Gasteiger partial charge in [-0.3, -0.25) is 9.97 Å². The van der Waals surface area contributed by atoms with Gasteiger partial charge in [-0.05, 0) is 44.2 Å². The molecule has 7 heteroatoms. The van der Waals surface area contributed by atoms with Crippen LogP contribution in [0.5, 0.6) is 0 Å². The Morgan fingerprint density at radius 3 is 2.71 bits per heavy atom. The number of aromatic nitrogens is 5. The quantitative estimate of drug-likeness (QED) is 0.396. The predicted molar refractivity (Wildman–Crippen MR) is 119 cm³/mol. The average Bonchev–Trinajstić information content (AvgIpc) is 3.37. The summed E-state index contributed by atoms with van der Waals surface area (Å²) in [6.45, 7) is 3.83. The van der Waals surface area contributed by atoms with Gasteiger partial charge in [-0.1, -0.05) is 0 Å². The van der Waals surface area contributed by atoms with E-state index in [4.69, 9.17) is 4.42 Å². The lowest BCUT2D eigenvalue weighted by atomic mass is 10.1. The summed E-state index contributed by atoms with van der Waals surface area (Å²) in [7, 11) is 0. The maximum absolute atomic E-state index is 12.8. The summed E-state index contributed by atoms with van der Waals surface area (Å²) in [6.07, 6.45) is 9.46. The molecule has 0 aliphatic carbocycles. The molecule has 0 amide bonds. The molecule has 0 saturated heterocycles. The van der Waals surface area contributed by atoms with Crippen molar-refractivity contribution in [3.8, 4) is 16.9 Å². The summed E-state index contributed by atoms with van der Waals surface area (Å²) in [5.41, 5.74) is 5.33. The lowest BCUT2D eigenvalue weighted by molar-refractivity contribution is 0.563. The van der Waals surface area contributed by atoms with E-state index in [1.54, 1.807) is 6.20 Å². The molecule has 5 heterocycles. The monoisotopic (exact) mass is 407 g/mol. The molecule has 0 radical (unpaired) electrons. The van der Waals surface area contributed by atoms with E-state index in [0.717, 1.165) is 39.0 Å². The maximum Gasteiger partial charge on any atom is 0.345 e. The van der Waals surface area contributed by atoms with Crippen molar-refractivity contribution in [1.82, 2.24) is 23.9 Å². The second kappa shape index (κ2) is 6.37. The van der Waals surface area contributed by atoms with Gasteiger partial charge in [0.2, 0.25) is 0 Å². The summed E-state index contributed by atoms with van der Waals surface area (Å²) in [4.78, 5) is 26.2. The van der Waals surface area contributed by atoms with E-state index < -0.39 is 5.63 Å². The lowest BCUT2D eigenvalue weighted by Gasteiger charge is -2.05. The van der Waals surface area contributed by atoms with Crippen molar-refractivity contribution in [3.63, 3.8) is 0 Å². The molecule has 150 valence electrons. The summed E-state index contributed by atoms with van der Waals surface area (Å²) in [5.74, 6) is 0. The second-order valence-electron chi connectivity index (χ2n) is 7.64. The van der Waals surface area contributed by atoms with Gasteiger partial charge < -0.3 is 13.4 Å². The van der Waals surface area contributed by atoms with E-state index >= 15 is 0 Å². The SMILES string of the molecule is Cc1cn2cc(-c3cc4ccc(-n5cc6cccnc6c5)cc4oc3=O)nc2c(C)n1. The van der Waals surface area contributed by atoms with Gasteiger partial charge >= 0.3 is 5.63 Å². The highest BCUT2D eigenvalue weighted by Crippen LogP contribution is 2.25. The van der Waals surface area contributed by atoms with Crippen LogP contribution in [0.25, 0.3) is 44.5 Å². The Morgan fingerprint density at radius 2 is 1.84 bits per heavy atom. The van der Waals surface area contributed by atoms with E-state index in [1.807, 2.05) is 84.0 Å². The van der Waals surface area contributed by atoms with Crippen molar-refractivity contribution in [3.05, 3.63) is 89.2 Å². The molecule has 0 fully saturated rings. The molecule has 1 aromatic carbocycles. The molecule has 0 aliphatic heterocycles. The summed E-state index contributed by atoms with van der Waals surface area (Å²) < 4.78 is 9.55. The molecular formula is C24H17N5O2. The van der Waals surface area contributed by atoms with Crippen molar-refractivity contribution in [1.29, 1.82) is 0 Å². The Morgan fingerprint density at radius 1 is 0.935 bits per heavy atom. The number of hydrogen-bond acceptors (Lipinski definition) is 5. The molecule has 6 rings (SSSR count). The first-order valence-corrected chi connectivity index (χ1v) is 9.89. The molecule has 0 atom stereocenters. The normalized spacial score (nSPS) is 11.7. The second-order valence-corrected chi connectivity index (χ2v) is 7.64. The minimum atomic E-state index is -0.422. The number of fused-ring (bicyclic) bond motifs is 3. The Hall–Kier alpha value is -4.26. The molecule has 0 spiro atoms. The van der Waals surface area contributed by atoms with E-state index in [9.17, 15) is 4.79 Å². The number of nitrogens with zero attached hydrogens (tertiary/aromatic N) is 5. The molecule has 31 heavy (non-hydrogen) atoms. The van der Waals surface area contributed by atoms with Crippen LogP contribution in [-0.2, 0) is 0 Å². The molecule has 0 saturated carbocycles. The zero-order chi connectivity index (χ0) is 21.1. The highest BCUT2D eigenvalue weighted by atomic mass is 16.4. The smallest absolute Gasteiger partial charge is 0.345 e. The fourth-order valence-corrected chi connectivity index (χ4v) is 3.99. The fraction of sp³-hybridized carbons (Fsp3) is 0.0833. The summed E-state index contributed by atoms with van der Waals surface area (Å²) in [6, 6.07) is 11.6. The fourth-order valence-electron chi connectivity index (χ4n) is 3.99. The third kappa shape index (κ3) is 2.82. The van der Waals surface area contributed by atoms with Crippen LogP contribution >= 0.6 is 0 Å². The number of rotatable bonds is 2. The van der Waals surface area contributed by atoms with Gasteiger partial charge in [0.1, 0.15) is 5.58 Å². The van der Waals surface area contributed by atoms with Crippen molar-refractivity contribution >= 4 is 27.5 Å². The molecule has 5 aromatic heterocycles. The molecular weight excluding hydrogens is 390 g/mol. The van der Waals surface area contributed by atoms with Gasteiger partial charge in [0.15, 0.2) is 5.65 Å². The Bertz CT molecular complexity index is 1660. The maximum atomic E-state index is 12.8. The Kier molecular flexibility index (Phi) is 3.61. The van der Waals surface area contributed by atoms with E-state index in [0.29, 0.717) is 16.8 Å². The predicted octanol–water partition coefficient (Wildman–Crippen LogP) is 4.46. The van der Waals surface area contributed by atoms with Gasteiger partial charge in [-0.2, -0.15) is 0 Å². The third-order valence-corrected chi connectivity index (χ3v) is 5.43. The van der Waals surface area contributed by atoms with E-state index in [-0.39, 0.29) is 0 Å². The first-order valence-electron chi connectivity index (χ1n) is 9.89. The number of hydrogen-bond donors (Lipinski definition) is 0. The summed E-state index contributed by atoms with van der Waals surface area (Å²) >= 11 is 0. The number of aryl methyl sites for hydroxylation is 2. The van der Waals surface area contributed by atoms with Crippen LogP contribution in [0.15, 0.2) is 76.6 Å². The largest absolute Gasteiger partial charge is 0.422 e. The van der Waals surface area contributed by atoms with Gasteiger partial charge in [0.25, 0.3) is 0 Å². The van der Waals surface area contributed by atoms with E-state index in [1.165, 1.54) is 0 Å². The highest BCUT2D eigenvalue weighted by Gasteiger charge is 2.14. The number of benzene rings is 1. The number of imidazole rings is 1. The van der Waals surface area contributed by atoms with Crippen LogP contribution in [-0.4, -0.2) is 23.9 Å². The van der Waals surface area contributed by atoms with Gasteiger partial charge in [-0.25, -0.2) is 9.78 Å². The minimum absolute atomic E-state index is 0.422. The van der Waals surface area contributed by atoms with Crippen molar-refractivity contribution in [2.24, 2.45) is 0 Å². The Labute approximate surface area is 176 Å². The van der Waals surface area contributed by atoms with E-state index in [2.05, 4.69) is 15.0 Å². The molecule has 0 N–H and O–H groups in total. The standard InChI is InChI=1S/C24H17N5O2/c1-14-10-29-13-21(27-23(29)15(2)26-14)19-8-16-5-6-18(9-22(16)31-24(19)30)28-11-17-4-3-7-25-20(17)12-28/h3-13H,1-2H3. The van der Waals surface area contributed by atoms with Crippen LogP contribution in [0.4, 0.5) is 0 Å². The molecule has 0 aliphatic rings. The topological polar surface area (TPSA) is 78.2 Å². The van der Waals surface area contributed by atoms with Crippen LogP contribution in [0.1, 0.15) is 11.4 Å². The first-order chi connectivity index (χ1) is 15.0. The lowest BCUT2D eigenvalue weighted by Crippen LogP contribution is -2.03.